The van der Waals surface area contributed by atoms with Gasteiger partial charge in [0.05, 0.1) is 11.7 Å². The van der Waals surface area contributed by atoms with Crippen LogP contribution in [0.3, 0.4) is 0 Å². The van der Waals surface area contributed by atoms with Crippen LogP contribution < -0.4 is 10.6 Å². The van der Waals surface area contributed by atoms with E-state index in [4.69, 9.17) is 0 Å². The number of pyridine rings is 1. The normalized spacial score (nSPS) is 18.2. The molecule has 0 spiro atoms. The second-order valence-electron chi connectivity index (χ2n) is 9.41. The molecule has 198 valence electrons. The monoisotopic (exact) mass is 530 g/mol. The Morgan fingerprint density at radius 1 is 1.00 bits per heavy atom. The zero-order valence-corrected chi connectivity index (χ0v) is 20.1. The molecule has 0 amide bonds. The second-order valence-corrected chi connectivity index (χ2v) is 9.41. The first-order valence-corrected chi connectivity index (χ1v) is 12.2. The van der Waals surface area contributed by atoms with E-state index in [1.165, 1.54) is 6.07 Å². The van der Waals surface area contributed by atoms with Gasteiger partial charge in [-0.15, -0.1) is 0 Å². The topological polar surface area (TPSA) is 83.8 Å². The Balaban J connectivity index is 1.28. The Kier molecular flexibility index (Phi) is 6.19. The van der Waals surface area contributed by atoms with Gasteiger partial charge in [-0.25, -0.2) is 28.7 Å². The summed E-state index contributed by atoms with van der Waals surface area (Å²) in [5.41, 5.74) is 0.524. The van der Waals surface area contributed by atoms with Gasteiger partial charge in [0.15, 0.2) is 11.6 Å². The van der Waals surface area contributed by atoms with Gasteiger partial charge in [-0.2, -0.15) is 13.2 Å². The largest absolute Gasteiger partial charge is 0.409 e. The van der Waals surface area contributed by atoms with Gasteiger partial charge in [0.2, 0.25) is 5.95 Å². The number of benzene rings is 1. The summed E-state index contributed by atoms with van der Waals surface area (Å²) >= 11 is 0. The Hall–Kier alpha value is -3.71. The van der Waals surface area contributed by atoms with Gasteiger partial charge in [-0.05, 0) is 30.2 Å². The lowest BCUT2D eigenvalue weighted by molar-refractivity contribution is -0.164. The van der Waals surface area contributed by atoms with Crippen molar-refractivity contribution < 1.29 is 22.0 Å². The average Bonchev–Trinajstić information content (AvgIpc) is 3.47. The van der Waals surface area contributed by atoms with E-state index < -0.39 is 23.9 Å². The van der Waals surface area contributed by atoms with Crippen molar-refractivity contribution in [1.82, 2.24) is 34.7 Å². The number of hydrogen-bond acceptors (Lipinski definition) is 7. The molecule has 0 bridgehead atoms. The lowest BCUT2D eigenvalue weighted by Gasteiger charge is -2.27. The number of anilines is 2. The summed E-state index contributed by atoms with van der Waals surface area (Å²) < 4.78 is 71.5. The number of aryl methyl sites for hydroxylation is 1. The van der Waals surface area contributed by atoms with Crippen LogP contribution in [-0.4, -0.2) is 61.8 Å². The van der Waals surface area contributed by atoms with Crippen LogP contribution in [0.4, 0.5) is 33.7 Å². The van der Waals surface area contributed by atoms with E-state index >= 15 is 0 Å². The highest BCUT2D eigenvalue weighted by Crippen LogP contribution is 2.42. The molecule has 0 radical (unpaired) electrons. The van der Waals surface area contributed by atoms with Crippen LogP contribution in [0.1, 0.15) is 23.9 Å². The van der Waals surface area contributed by atoms with Crippen LogP contribution in [0, 0.1) is 11.6 Å². The molecule has 1 unspecified atom stereocenters. The van der Waals surface area contributed by atoms with Crippen molar-refractivity contribution in [3.8, 4) is 11.3 Å². The summed E-state index contributed by atoms with van der Waals surface area (Å²) in [7, 11) is 0. The van der Waals surface area contributed by atoms with Gasteiger partial charge in [0.1, 0.15) is 28.9 Å². The van der Waals surface area contributed by atoms with Gasteiger partial charge in [0.25, 0.3) is 0 Å². The minimum absolute atomic E-state index is 0.0101. The SMILES string of the molecule is Fc1cnc(Nc2ccc(CN3CCNCC3)cn2)nc1-c1cc(F)c2nc3n(c2c1)C(C(F)(F)F)CC3. The van der Waals surface area contributed by atoms with E-state index in [1.807, 2.05) is 6.07 Å². The Labute approximate surface area is 213 Å². The van der Waals surface area contributed by atoms with Crippen LogP contribution in [0.15, 0.2) is 36.7 Å². The van der Waals surface area contributed by atoms with Crippen molar-refractivity contribution >= 4 is 22.8 Å². The van der Waals surface area contributed by atoms with Crippen LogP contribution >= 0.6 is 0 Å². The van der Waals surface area contributed by atoms with Crippen LogP contribution in [0.5, 0.6) is 0 Å². The predicted octanol–water partition coefficient (Wildman–Crippen LogP) is 4.36. The fourth-order valence-electron chi connectivity index (χ4n) is 5.03. The molecule has 8 nitrogen and oxygen atoms in total. The number of hydrogen-bond donors (Lipinski definition) is 2. The maximum atomic E-state index is 14.9. The first-order valence-electron chi connectivity index (χ1n) is 12.2. The lowest BCUT2D eigenvalue weighted by Crippen LogP contribution is -2.42. The summed E-state index contributed by atoms with van der Waals surface area (Å²) in [6.07, 6.45) is -1.97. The third kappa shape index (κ3) is 4.67. The molecule has 1 saturated heterocycles. The van der Waals surface area contributed by atoms with E-state index in [0.717, 1.165) is 55.1 Å². The molecule has 3 aromatic heterocycles. The van der Waals surface area contributed by atoms with Crippen molar-refractivity contribution in [1.29, 1.82) is 0 Å². The number of fused-ring (bicyclic) bond motifs is 3. The highest BCUT2D eigenvalue weighted by atomic mass is 19.4. The molecule has 1 aromatic carbocycles. The fourth-order valence-corrected chi connectivity index (χ4v) is 5.03. The molecular formula is C25H23F5N8. The van der Waals surface area contributed by atoms with Crippen molar-refractivity contribution in [2.24, 2.45) is 0 Å². The maximum absolute atomic E-state index is 14.9. The zero-order valence-electron chi connectivity index (χ0n) is 20.1. The van der Waals surface area contributed by atoms with Gasteiger partial charge < -0.3 is 15.2 Å². The third-order valence-corrected chi connectivity index (χ3v) is 6.85. The van der Waals surface area contributed by atoms with Crippen molar-refractivity contribution in [3.05, 3.63) is 59.7 Å². The molecular weight excluding hydrogens is 507 g/mol. The quantitative estimate of drug-likeness (QED) is 0.371. The summed E-state index contributed by atoms with van der Waals surface area (Å²) in [6.45, 7) is 4.57. The summed E-state index contributed by atoms with van der Waals surface area (Å²) in [6, 6.07) is 4.17. The standard InChI is InChI=1S/C25H23F5N8/c26-16-9-15(10-18-23(16)35-21-4-2-19(38(18)21)25(28,29)30)22-17(27)12-33-24(36-22)34-20-3-1-14(11-32-20)13-37-7-5-31-6-8-37/h1,3,9-12,19,31H,2,4-8,13H2,(H,32,33,34,36). The van der Waals surface area contributed by atoms with E-state index in [0.29, 0.717) is 5.82 Å². The van der Waals surface area contributed by atoms with E-state index in [1.54, 1.807) is 12.3 Å². The minimum Gasteiger partial charge on any atom is -0.316 e. The first kappa shape index (κ1) is 24.6. The molecule has 5 heterocycles. The zero-order chi connectivity index (χ0) is 26.4. The molecule has 6 rings (SSSR count). The van der Waals surface area contributed by atoms with E-state index in [2.05, 4.69) is 35.5 Å². The Bertz CT molecular complexity index is 1480. The van der Waals surface area contributed by atoms with Crippen molar-refractivity contribution in [2.45, 2.75) is 31.6 Å². The van der Waals surface area contributed by atoms with Crippen LogP contribution in [-0.2, 0) is 13.0 Å². The summed E-state index contributed by atoms with van der Waals surface area (Å²) in [5.74, 6) is -1.11. The smallest absolute Gasteiger partial charge is 0.316 e. The van der Waals surface area contributed by atoms with Gasteiger partial charge >= 0.3 is 6.18 Å². The van der Waals surface area contributed by atoms with E-state index in [9.17, 15) is 22.0 Å². The van der Waals surface area contributed by atoms with E-state index in [-0.39, 0.29) is 46.9 Å². The minimum atomic E-state index is -4.52. The molecule has 2 aliphatic rings. The summed E-state index contributed by atoms with van der Waals surface area (Å²) in [5, 5.41) is 6.21. The average molecular weight is 531 g/mol. The first-order chi connectivity index (χ1) is 18.3. The molecule has 38 heavy (non-hydrogen) atoms. The molecule has 13 heteroatoms. The number of halogens is 5. The van der Waals surface area contributed by atoms with Crippen LogP contribution in [0.2, 0.25) is 0 Å². The molecule has 0 saturated carbocycles. The molecule has 1 fully saturated rings. The molecule has 2 aliphatic heterocycles. The fraction of sp³-hybridized carbons (Fsp3) is 0.360. The Morgan fingerprint density at radius 2 is 1.82 bits per heavy atom. The van der Waals surface area contributed by atoms with Gasteiger partial charge in [0, 0.05) is 50.9 Å². The van der Waals surface area contributed by atoms with Gasteiger partial charge in [-0.3, -0.25) is 4.90 Å². The van der Waals surface area contributed by atoms with Gasteiger partial charge in [-0.1, -0.05) is 6.07 Å². The number of alkyl halides is 3. The number of aromatic nitrogens is 5. The predicted molar refractivity (Wildman–Crippen MR) is 130 cm³/mol. The second kappa shape index (κ2) is 9.55. The molecule has 0 aliphatic carbocycles. The molecule has 4 aromatic rings. The lowest BCUT2D eigenvalue weighted by atomic mass is 10.1. The van der Waals surface area contributed by atoms with Crippen molar-refractivity contribution in [2.75, 3.05) is 31.5 Å². The molecule has 1 atom stereocenters. The number of nitrogens with zero attached hydrogens (tertiary/aromatic N) is 6. The third-order valence-electron chi connectivity index (χ3n) is 6.85. The number of piperazine rings is 1. The number of nitrogens with one attached hydrogen (secondary N) is 2. The summed E-state index contributed by atoms with van der Waals surface area (Å²) in [4.78, 5) is 18.9. The highest BCUT2D eigenvalue weighted by Gasteiger charge is 2.45. The maximum Gasteiger partial charge on any atom is 0.409 e. The van der Waals surface area contributed by atoms with Crippen molar-refractivity contribution in [3.63, 3.8) is 0 Å². The number of imidazole rings is 1. The van der Waals surface area contributed by atoms with Crippen LogP contribution in [0.25, 0.3) is 22.3 Å². The highest BCUT2D eigenvalue weighted by molar-refractivity contribution is 5.83. The Morgan fingerprint density at radius 3 is 2.55 bits per heavy atom. The molecule has 2 N–H and O–H groups in total. The number of rotatable bonds is 5.